The quantitative estimate of drug-likeness (QED) is 0.747. The first-order valence-corrected chi connectivity index (χ1v) is 10.5. The lowest BCUT2D eigenvalue weighted by atomic mass is 10.1. The number of hydrogen-bond acceptors (Lipinski definition) is 5. The third-order valence-electron chi connectivity index (χ3n) is 5.37. The first kappa shape index (κ1) is 20.6. The maximum atomic E-state index is 12.6. The molecule has 2 aromatic rings. The Labute approximate surface area is 180 Å². The summed E-state index contributed by atoms with van der Waals surface area (Å²) in [5.41, 5.74) is 1.15. The monoisotopic (exact) mass is 429 g/mol. The number of halogens is 1. The molecular formula is C22H24ClN3O4. The van der Waals surface area contributed by atoms with Gasteiger partial charge in [0.2, 0.25) is 5.88 Å². The van der Waals surface area contributed by atoms with Crippen molar-refractivity contribution in [2.24, 2.45) is 0 Å². The Morgan fingerprint density at radius 2 is 1.67 bits per heavy atom. The van der Waals surface area contributed by atoms with Crippen molar-refractivity contribution in [2.45, 2.75) is 18.9 Å². The molecule has 0 N–H and O–H groups in total. The van der Waals surface area contributed by atoms with E-state index in [2.05, 4.69) is 4.98 Å². The van der Waals surface area contributed by atoms with E-state index in [9.17, 15) is 9.59 Å². The number of carbonyl (C=O) groups excluding carboxylic acids is 2. The van der Waals surface area contributed by atoms with E-state index in [0.717, 1.165) is 12.8 Å². The Hall–Kier alpha value is -2.64. The van der Waals surface area contributed by atoms with Gasteiger partial charge >= 0.3 is 0 Å². The lowest BCUT2D eigenvalue weighted by Crippen LogP contribution is -2.42. The normalized spacial score (nSPS) is 17.6. The standard InChI is InChI=1S/C22H24ClN3O4/c23-18-3-1-2-16(14-18)21(27)25-8-6-19(7-9-25)30-20-5-4-17(15-24-20)22(28)26-10-12-29-13-11-26/h1-5,14-15,19H,6-13H2. The molecule has 2 aliphatic heterocycles. The van der Waals surface area contributed by atoms with E-state index in [0.29, 0.717) is 61.4 Å². The van der Waals surface area contributed by atoms with Crippen LogP contribution in [0.15, 0.2) is 42.6 Å². The van der Waals surface area contributed by atoms with E-state index in [4.69, 9.17) is 21.1 Å². The molecule has 1 aromatic carbocycles. The van der Waals surface area contributed by atoms with Crippen molar-refractivity contribution in [2.75, 3.05) is 39.4 Å². The molecule has 2 saturated heterocycles. The maximum Gasteiger partial charge on any atom is 0.255 e. The maximum absolute atomic E-state index is 12.6. The number of carbonyl (C=O) groups is 2. The van der Waals surface area contributed by atoms with Gasteiger partial charge in [-0.3, -0.25) is 9.59 Å². The number of piperidine rings is 1. The average Bonchev–Trinajstić information content (AvgIpc) is 2.80. The van der Waals surface area contributed by atoms with Crippen molar-refractivity contribution in [3.05, 3.63) is 58.7 Å². The van der Waals surface area contributed by atoms with E-state index in [1.54, 1.807) is 47.5 Å². The highest BCUT2D eigenvalue weighted by atomic mass is 35.5. The molecule has 0 saturated carbocycles. The lowest BCUT2D eigenvalue weighted by molar-refractivity contribution is 0.0302. The third-order valence-corrected chi connectivity index (χ3v) is 5.60. The molecule has 0 atom stereocenters. The molecule has 0 aliphatic carbocycles. The number of hydrogen-bond donors (Lipinski definition) is 0. The second-order valence-electron chi connectivity index (χ2n) is 7.41. The summed E-state index contributed by atoms with van der Waals surface area (Å²) >= 11 is 5.99. The summed E-state index contributed by atoms with van der Waals surface area (Å²) in [5, 5.41) is 0.556. The number of rotatable bonds is 4. The molecule has 30 heavy (non-hydrogen) atoms. The predicted molar refractivity (Wildman–Crippen MR) is 112 cm³/mol. The molecule has 0 bridgehead atoms. The van der Waals surface area contributed by atoms with Crippen LogP contribution in [0.3, 0.4) is 0 Å². The van der Waals surface area contributed by atoms with Crippen LogP contribution in [0, 0.1) is 0 Å². The van der Waals surface area contributed by atoms with Crippen molar-refractivity contribution in [1.29, 1.82) is 0 Å². The van der Waals surface area contributed by atoms with E-state index in [-0.39, 0.29) is 17.9 Å². The van der Waals surface area contributed by atoms with Gasteiger partial charge in [-0.05, 0) is 24.3 Å². The molecule has 1 aromatic heterocycles. The fourth-order valence-corrected chi connectivity index (χ4v) is 3.87. The van der Waals surface area contributed by atoms with Crippen LogP contribution < -0.4 is 4.74 Å². The van der Waals surface area contributed by atoms with Crippen molar-refractivity contribution in [1.82, 2.24) is 14.8 Å². The summed E-state index contributed by atoms with van der Waals surface area (Å²) in [6.07, 6.45) is 3.00. The fourth-order valence-electron chi connectivity index (χ4n) is 3.68. The van der Waals surface area contributed by atoms with Gasteiger partial charge in [0.05, 0.1) is 18.8 Å². The topological polar surface area (TPSA) is 72.0 Å². The minimum absolute atomic E-state index is 0.0123. The zero-order valence-electron chi connectivity index (χ0n) is 16.6. The van der Waals surface area contributed by atoms with Gasteiger partial charge in [-0.1, -0.05) is 17.7 Å². The number of morpholine rings is 1. The number of pyridine rings is 1. The predicted octanol–water partition coefficient (Wildman–Crippen LogP) is 2.89. The Balaban J connectivity index is 1.28. The number of amides is 2. The Bertz CT molecular complexity index is 892. The van der Waals surface area contributed by atoms with Crippen molar-refractivity contribution in [3.63, 3.8) is 0 Å². The molecule has 4 rings (SSSR count). The van der Waals surface area contributed by atoms with E-state index in [1.165, 1.54) is 0 Å². The molecule has 7 nitrogen and oxygen atoms in total. The van der Waals surface area contributed by atoms with Crippen LogP contribution in [0.4, 0.5) is 0 Å². The largest absolute Gasteiger partial charge is 0.474 e. The van der Waals surface area contributed by atoms with Crippen LogP contribution in [0.25, 0.3) is 0 Å². The van der Waals surface area contributed by atoms with Crippen LogP contribution in [0.2, 0.25) is 5.02 Å². The Kier molecular flexibility index (Phi) is 6.50. The van der Waals surface area contributed by atoms with Crippen LogP contribution in [-0.4, -0.2) is 72.1 Å². The summed E-state index contributed by atoms with van der Waals surface area (Å²) in [6, 6.07) is 10.5. The molecule has 8 heteroatoms. The van der Waals surface area contributed by atoms with E-state index in [1.807, 2.05) is 4.90 Å². The van der Waals surface area contributed by atoms with Gasteiger partial charge in [-0.25, -0.2) is 4.98 Å². The van der Waals surface area contributed by atoms with Crippen molar-refractivity contribution in [3.8, 4) is 5.88 Å². The van der Waals surface area contributed by atoms with Gasteiger partial charge < -0.3 is 19.3 Å². The Morgan fingerprint density at radius 1 is 0.967 bits per heavy atom. The first-order valence-electron chi connectivity index (χ1n) is 10.1. The number of ether oxygens (including phenoxy) is 2. The van der Waals surface area contributed by atoms with E-state index >= 15 is 0 Å². The second-order valence-corrected chi connectivity index (χ2v) is 7.85. The highest BCUT2D eigenvalue weighted by Gasteiger charge is 2.25. The number of likely N-dealkylation sites (tertiary alicyclic amines) is 1. The summed E-state index contributed by atoms with van der Waals surface area (Å²) in [7, 11) is 0. The minimum atomic E-state index is -0.0369. The highest BCUT2D eigenvalue weighted by molar-refractivity contribution is 6.30. The van der Waals surface area contributed by atoms with Gasteiger partial charge in [0.25, 0.3) is 11.8 Å². The summed E-state index contributed by atoms with van der Waals surface area (Å²) < 4.78 is 11.3. The van der Waals surface area contributed by atoms with Crippen molar-refractivity contribution < 1.29 is 19.1 Å². The summed E-state index contributed by atoms with van der Waals surface area (Å²) in [4.78, 5) is 33.0. The van der Waals surface area contributed by atoms with E-state index < -0.39 is 0 Å². The molecule has 2 fully saturated rings. The molecule has 2 amide bonds. The average molecular weight is 430 g/mol. The number of benzene rings is 1. The molecule has 0 unspecified atom stereocenters. The zero-order valence-corrected chi connectivity index (χ0v) is 17.4. The Morgan fingerprint density at radius 3 is 2.33 bits per heavy atom. The molecule has 0 spiro atoms. The third kappa shape index (κ3) is 4.91. The smallest absolute Gasteiger partial charge is 0.255 e. The van der Waals surface area contributed by atoms with Gasteiger partial charge in [-0.15, -0.1) is 0 Å². The van der Waals surface area contributed by atoms with Gasteiger partial charge in [-0.2, -0.15) is 0 Å². The highest BCUT2D eigenvalue weighted by Crippen LogP contribution is 2.20. The number of nitrogens with zero attached hydrogens (tertiary/aromatic N) is 3. The van der Waals surface area contributed by atoms with Crippen LogP contribution in [0.1, 0.15) is 33.6 Å². The van der Waals surface area contributed by atoms with Gasteiger partial charge in [0, 0.05) is 61.9 Å². The molecule has 3 heterocycles. The molecule has 158 valence electrons. The molecule has 2 aliphatic rings. The first-order chi connectivity index (χ1) is 14.6. The summed E-state index contributed by atoms with van der Waals surface area (Å²) in [6.45, 7) is 3.57. The van der Waals surface area contributed by atoms with Crippen LogP contribution in [0.5, 0.6) is 5.88 Å². The van der Waals surface area contributed by atoms with Crippen LogP contribution >= 0.6 is 11.6 Å². The van der Waals surface area contributed by atoms with Gasteiger partial charge in [0.15, 0.2) is 0 Å². The SMILES string of the molecule is O=C(c1ccc(OC2CCN(C(=O)c3cccc(Cl)c3)CC2)nc1)N1CCOCC1. The van der Waals surface area contributed by atoms with Gasteiger partial charge in [0.1, 0.15) is 6.10 Å². The summed E-state index contributed by atoms with van der Waals surface area (Å²) in [5.74, 6) is 0.443. The second kappa shape index (κ2) is 9.45. The zero-order chi connectivity index (χ0) is 20.9. The molecular weight excluding hydrogens is 406 g/mol. The number of aromatic nitrogens is 1. The van der Waals surface area contributed by atoms with Crippen LogP contribution in [-0.2, 0) is 4.74 Å². The molecule has 0 radical (unpaired) electrons. The van der Waals surface area contributed by atoms with Crippen molar-refractivity contribution >= 4 is 23.4 Å². The lowest BCUT2D eigenvalue weighted by Gasteiger charge is -2.32. The fraction of sp³-hybridized carbons (Fsp3) is 0.409. The minimum Gasteiger partial charge on any atom is -0.474 e.